The monoisotopic (exact) mass is 355 g/mol. The summed E-state index contributed by atoms with van der Waals surface area (Å²) >= 11 is 17.1. The van der Waals surface area contributed by atoms with Crippen molar-refractivity contribution in [3.63, 3.8) is 0 Å². The van der Waals surface area contributed by atoms with Crippen LogP contribution < -0.4 is 10.6 Å². The van der Waals surface area contributed by atoms with Gasteiger partial charge in [0.25, 0.3) is 5.69 Å². The van der Waals surface area contributed by atoms with Gasteiger partial charge in [-0.3, -0.25) is 10.1 Å². The summed E-state index contributed by atoms with van der Waals surface area (Å²) in [6.45, 7) is 1.78. The van der Waals surface area contributed by atoms with Crippen molar-refractivity contribution in [2.24, 2.45) is 0 Å². The summed E-state index contributed by atoms with van der Waals surface area (Å²) in [5, 5.41) is 17.8. The Balaban J connectivity index is 2.19. The number of benzene rings is 2. The highest BCUT2D eigenvalue weighted by molar-refractivity contribution is 7.80. The number of thiocarbonyl (C=S) groups is 1. The maximum Gasteiger partial charge on any atom is 0.292 e. The van der Waals surface area contributed by atoms with E-state index < -0.39 is 4.92 Å². The Bertz CT molecular complexity index is 753. The summed E-state index contributed by atoms with van der Waals surface area (Å²) in [5.41, 5.74) is 1.54. The molecule has 0 saturated carbocycles. The third kappa shape index (κ3) is 4.07. The summed E-state index contributed by atoms with van der Waals surface area (Å²) in [6, 6.07) is 9.71. The van der Waals surface area contributed by atoms with Gasteiger partial charge in [0, 0.05) is 11.1 Å². The van der Waals surface area contributed by atoms with E-state index in [0.717, 1.165) is 5.56 Å². The summed E-state index contributed by atoms with van der Waals surface area (Å²) in [5.74, 6) is 0. The number of nitro benzene ring substituents is 1. The second kappa shape index (κ2) is 6.91. The fraction of sp³-hybridized carbons (Fsp3) is 0.0714. The van der Waals surface area contributed by atoms with E-state index in [1.54, 1.807) is 37.3 Å². The summed E-state index contributed by atoms with van der Waals surface area (Å²) in [4.78, 5) is 10.6. The van der Waals surface area contributed by atoms with E-state index in [-0.39, 0.29) is 10.8 Å². The Morgan fingerprint density at radius 1 is 1.14 bits per heavy atom. The normalized spacial score (nSPS) is 10.1. The molecule has 0 atom stereocenters. The molecule has 5 nitrogen and oxygen atoms in total. The van der Waals surface area contributed by atoms with Gasteiger partial charge in [0.1, 0.15) is 5.69 Å². The minimum absolute atomic E-state index is 0.0543. The lowest BCUT2D eigenvalue weighted by Gasteiger charge is -2.12. The van der Waals surface area contributed by atoms with Gasteiger partial charge in [-0.25, -0.2) is 0 Å². The molecule has 0 heterocycles. The smallest absolute Gasteiger partial charge is 0.292 e. The summed E-state index contributed by atoms with van der Waals surface area (Å²) in [6.07, 6.45) is 0. The van der Waals surface area contributed by atoms with E-state index in [1.165, 1.54) is 6.07 Å². The van der Waals surface area contributed by atoms with Crippen LogP contribution in [-0.2, 0) is 0 Å². The number of rotatable bonds is 3. The van der Waals surface area contributed by atoms with Crippen molar-refractivity contribution >= 4 is 57.6 Å². The zero-order valence-corrected chi connectivity index (χ0v) is 13.7. The molecule has 0 aliphatic heterocycles. The second-order valence-electron chi connectivity index (χ2n) is 4.48. The van der Waals surface area contributed by atoms with Gasteiger partial charge in [0.05, 0.1) is 15.6 Å². The van der Waals surface area contributed by atoms with Crippen molar-refractivity contribution in [1.29, 1.82) is 0 Å². The number of anilines is 2. The van der Waals surface area contributed by atoms with Gasteiger partial charge in [-0.15, -0.1) is 0 Å². The van der Waals surface area contributed by atoms with Crippen LogP contribution in [0.3, 0.4) is 0 Å². The lowest BCUT2D eigenvalue weighted by atomic mass is 10.2. The molecule has 22 heavy (non-hydrogen) atoms. The molecule has 0 saturated heterocycles. The third-order valence-corrected chi connectivity index (χ3v) is 3.54. The molecule has 2 aromatic carbocycles. The van der Waals surface area contributed by atoms with Gasteiger partial charge < -0.3 is 10.6 Å². The van der Waals surface area contributed by atoms with E-state index in [9.17, 15) is 10.1 Å². The average Bonchev–Trinajstić information content (AvgIpc) is 2.44. The van der Waals surface area contributed by atoms with E-state index in [2.05, 4.69) is 10.6 Å². The highest BCUT2D eigenvalue weighted by Gasteiger charge is 2.15. The van der Waals surface area contributed by atoms with Gasteiger partial charge in [-0.2, -0.15) is 0 Å². The first-order valence-electron chi connectivity index (χ1n) is 6.15. The first-order chi connectivity index (χ1) is 10.4. The number of nitrogens with zero attached hydrogens (tertiary/aromatic N) is 1. The number of aryl methyl sites for hydroxylation is 1. The van der Waals surface area contributed by atoms with Crippen LogP contribution in [0.15, 0.2) is 36.4 Å². The Kier molecular flexibility index (Phi) is 5.18. The van der Waals surface area contributed by atoms with Crippen molar-refractivity contribution in [2.45, 2.75) is 6.92 Å². The molecular weight excluding hydrogens is 345 g/mol. The zero-order valence-electron chi connectivity index (χ0n) is 11.4. The van der Waals surface area contributed by atoms with Gasteiger partial charge >= 0.3 is 0 Å². The molecule has 114 valence electrons. The number of halogens is 2. The zero-order chi connectivity index (χ0) is 16.3. The van der Waals surface area contributed by atoms with Crippen molar-refractivity contribution in [3.05, 3.63) is 62.1 Å². The predicted molar refractivity (Wildman–Crippen MR) is 94.1 cm³/mol. The van der Waals surface area contributed by atoms with Gasteiger partial charge in [0.2, 0.25) is 0 Å². The summed E-state index contributed by atoms with van der Waals surface area (Å²) < 4.78 is 0. The predicted octanol–water partition coefficient (Wildman–Crippen LogP) is 5.02. The van der Waals surface area contributed by atoms with Crippen LogP contribution in [0.1, 0.15) is 5.56 Å². The maximum absolute atomic E-state index is 11.1. The quantitative estimate of drug-likeness (QED) is 0.459. The molecule has 2 N–H and O–H groups in total. The second-order valence-corrected chi connectivity index (χ2v) is 5.73. The minimum atomic E-state index is -0.468. The lowest BCUT2D eigenvalue weighted by molar-refractivity contribution is -0.383. The molecule has 2 aromatic rings. The Labute approximate surface area is 142 Å². The van der Waals surface area contributed by atoms with Crippen LogP contribution in [0, 0.1) is 17.0 Å². The van der Waals surface area contributed by atoms with E-state index >= 15 is 0 Å². The minimum Gasteiger partial charge on any atom is -0.331 e. The molecular formula is C14H11Cl2N3O2S. The molecule has 0 amide bonds. The van der Waals surface area contributed by atoms with E-state index in [1.807, 2.05) is 0 Å². The van der Waals surface area contributed by atoms with E-state index in [0.29, 0.717) is 21.4 Å². The standard InChI is InChI=1S/C14H11Cl2N3O2S/c1-8-2-5-11(13(6-8)19(20)21)17-14(22)18-12-7-9(15)3-4-10(12)16/h2-7H,1H3,(H2,17,18,22). The number of nitro groups is 1. The fourth-order valence-corrected chi connectivity index (χ4v) is 2.32. The van der Waals surface area contributed by atoms with Crippen LogP contribution in [0.4, 0.5) is 17.1 Å². The van der Waals surface area contributed by atoms with Crippen LogP contribution in [-0.4, -0.2) is 10.0 Å². The molecule has 0 fully saturated rings. The third-order valence-electron chi connectivity index (χ3n) is 2.77. The molecule has 0 bridgehead atoms. The fourth-order valence-electron chi connectivity index (χ4n) is 1.77. The SMILES string of the molecule is Cc1ccc(NC(=S)Nc2cc(Cl)ccc2Cl)c([N+](=O)[O-])c1. The molecule has 2 rings (SSSR count). The number of hydrogen-bond acceptors (Lipinski definition) is 3. The van der Waals surface area contributed by atoms with Crippen molar-refractivity contribution in [2.75, 3.05) is 10.6 Å². The first-order valence-corrected chi connectivity index (χ1v) is 7.31. The van der Waals surface area contributed by atoms with Crippen LogP contribution >= 0.6 is 35.4 Å². The van der Waals surface area contributed by atoms with Gasteiger partial charge in [-0.1, -0.05) is 29.3 Å². The van der Waals surface area contributed by atoms with Crippen molar-refractivity contribution in [3.8, 4) is 0 Å². The number of hydrogen-bond donors (Lipinski definition) is 2. The lowest BCUT2D eigenvalue weighted by Crippen LogP contribution is -2.20. The largest absolute Gasteiger partial charge is 0.331 e. The molecule has 8 heteroatoms. The summed E-state index contributed by atoms with van der Waals surface area (Å²) in [7, 11) is 0. The van der Waals surface area contributed by atoms with Crippen LogP contribution in [0.5, 0.6) is 0 Å². The van der Waals surface area contributed by atoms with Crippen molar-refractivity contribution in [1.82, 2.24) is 0 Å². The Morgan fingerprint density at radius 3 is 2.50 bits per heavy atom. The molecule has 0 aromatic heterocycles. The highest BCUT2D eigenvalue weighted by atomic mass is 35.5. The van der Waals surface area contributed by atoms with Crippen LogP contribution in [0.25, 0.3) is 0 Å². The van der Waals surface area contributed by atoms with Crippen LogP contribution in [0.2, 0.25) is 10.0 Å². The van der Waals surface area contributed by atoms with Crippen molar-refractivity contribution < 1.29 is 4.92 Å². The average molecular weight is 356 g/mol. The number of nitrogens with one attached hydrogen (secondary N) is 2. The first kappa shape index (κ1) is 16.5. The Hall–Kier alpha value is -1.89. The highest BCUT2D eigenvalue weighted by Crippen LogP contribution is 2.27. The molecule has 0 unspecified atom stereocenters. The molecule has 0 spiro atoms. The topological polar surface area (TPSA) is 67.2 Å². The van der Waals surface area contributed by atoms with Gasteiger partial charge in [-0.05, 0) is 49.0 Å². The molecule has 0 aliphatic carbocycles. The molecule has 0 aliphatic rings. The maximum atomic E-state index is 11.1. The van der Waals surface area contributed by atoms with E-state index in [4.69, 9.17) is 35.4 Å². The Morgan fingerprint density at radius 2 is 1.82 bits per heavy atom. The molecule has 0 radical (unpaired) electrons. The van der Waals surface area contributed by atoms with Gasteiger partial charge in [0.15, 0.2) is 5.11 Å².